The molecule has 706 valence electrons. The number of nitrogens with zero attached hydrogens (tertiary/aromatic N) is 4. The average Bonchev–Trinajstić information content (AvgIpc) is 1.26. The van der Waals surface area contributed by atoms with Crippen LogP contribution in [0.5, 0.6) is 0 Å². The Morgan fingerprint density at radius 2 is 0.580 bits per heavy atom. The molecule has 0 bridgehead atoms. The van der Waals surface area contributed by atoms with Gasteiger partial charge in [0.1, 0.15) is 0 Å². The lowest BCUT2D eigenvalue weighted by atomic mass is 9.35. The van der Waals surface area contributed by atoms with Crippen molar-refractivity contribution in [3.05, 3.63) is 295 Å². The summed E-state index contributed by atoms with van der Waals surface area (Å²) in [5, 5.41) is 2.68. The number of benzene rings is 12. The predicted octanol–water partition coefficient (Wildman–Crippen LogP) is 33.3. The van der Waals surface area contributed by atoms with E-state index in [1.54, 1.807) is 0 Å². The van der Waals surface area contributed by atoms with Gasteiger partial charge in [-0.1, -0.05) is 305 Å². The van der Waals surface area contributed by atoms with Crippen molar-refractivity contribution in [3.63, 3.8) is 0 Å². The molecule has 14 aromatic rings. The van der Waals surface area contributed by atoms with Crippen LogP contribution in [0.3, 0.4) is 0 Å². The maximum Gasteiger partial charge on any atom is 0.264 e. The van der Waals surface area contributed by atoms with Gasteiger partial charge in [0, 0.05) is 86.4 Å². The van der Waals surface area contributed by atoms with Gasteiger partial charge in [0.2, 0.25) is 0 Å². The van der Waals surface area contributed by atoms with Crippen molar-refractivity contribution < 1.29 is 0 Å². The Bertz CT molecular complexity index is 7460. The van der Waals surface area contributed by atoms with Gasteiger partial charge in [-0.25, -0.2) is 0 Å². The Labute approximate surface area is 836 Å². The fourth-order valence-corrected chi connectivity index (χ4v) is 28.7. The molecule has 138 heavy (non-hydrogen) atoms. The van der Waals surface area contributed by atoms with E-state index >= 15 is 0 Å². The maximum absolute atomic E-state index is 2.86. The third-order valence-corrected chi connectivity index (χ3v) is 37.9. The molecule has 0 spiro atoms. The van der Waals surface area contributed by atoms with Gasteiger partial charge in [0.05, 0.1) is 22.7 Å². The van der Waals surface area contributed by atoms with Crippen molar-refractivity contribution >= 4 is 156 Å². The Kier molecular flexibility index (Phi) is 20.5. The van der Waals surface area contributed by atoms with Crippen molar-refractivity contribution in [3.8, 4) is 22.3 Å². The number of thiophene rings is 2. The van der Waals surface area contributed by atoms with E-state index in [0.717, 1.165) is 57.8 Å². The molecule has 0 radical (unpaired) electrons. The molecule has 0 saturated heterocycles. The topological polar surface area (TPSA) is 13.0 Å². The van der Waals surface area contributed by atoms with Crippen LogP contribution in [-0.4, -0.2) is 13.4 Å². The minimum absolute atomic E-state index is 0.00835. The van der Waals surface area contributed by atoms with Crippen LogP contribution >= 0.6 is 22.7 Å². The molecule has 8 heteroatoms. The van der Waals surface area contributed by atoms with Crippen LogP contribution in [0.1, 0.15) is 348 Å². The molecule has 1 atom stereocenters. The molecular formula is C130H148B2N4S2. The molecule has 0 N–H and O–H groups in total. The standard InChI is InChI=1S/C130H148B2N4S2/c1-76-61-107-113-108(62-76)135(102-71-95-92(123(18,19)52-55-126(95,24)25)67-88(102)79-36-38-81(39-37-79)118(3,4)5)105-74-98-99(70-101(105)132(113)117-115(91-66-85(122(15,16)17)45-51-111(91)138-117)134(107)87-48-42-83(43-49-87)120(9,10)11)130(32,59-58-129(98,30)31)75-78-34-33-35-80(64-78)89-68-93-96(127(26,27)56-53-124(93,20)21)72-103(89)136-104-73-97-94(125(22,23)54-57-128(97,28)29)69-100(104)131-112-106(60-77(2)63-109(112)136)133(86-46-40-82(41-47-86)119(6,7)8)114-90-65-84(121(12,13)14)44-50-110(90)137-116(114)131/h33-51,60-74H,52-59,75H2,1-32H3. The number of aryl methyl sites for hydroxylation is 2. The summed E-state index contributed by atoms with van der Waals surface area (Å²) in [6.45, 7) is 78.5. The van der Waals surface area contributed by atoms with Crippen molar-refractivity contribution in [2.24, 2.45) is 0 Å². The van der Waals surface area contributed by atoms with Crippen LogP contribution in [0.2, 0.25) is 0 Å². The van der Waals surface area contributed by atoms with Gasteiger partial charge < -0.3 is 19.6 Å². The lowest BCUT2D eigenvalue weighted by molar-refractivity contribution is 0.310. The minimum atomic E-state index is -0.286. The number of anilines is 12. The van der Waals surface area contributed by atoms with E-state index in [1.165, 1.54) is 231 Å². The van der Waals surface area contributed by atoms with Gasteiger partial charge in [-0.2, -0.15) is 0 Å². The van der Waals surface area contributed by atoms with Gasteiger partial charge in [0.25, 0.3) is 13.4 Å². The smallest absolute Gasteiger partial charge is 0.264 e. The summed E-state index contributed by atoms with van der Waals surface area (Å²) in [5.41, 5.74) is 47.7. The first-order valence-corrected chi connectivity index (χ1v) is 53.8. The summed E-state index contributed by atoms with van der Waals surface area (Å²) in [7, 11) is 0. The number of rotatable bonds is 8. The highest BCUT2D eigenvalue weighted by Crippen LogP contribution is 2.61. The predicted molar refractivity (Wildman–Crippen MR) is 605 cm³/mol. The first kappa shape index (κ1) is 92.9. The highest BCUT2D eigenvalue weighted by atomic mass is 32.1. The first-order valence-electron chi connectivity index (χ1n) is 52.2. The minimum Gasteiger partial charge on any atom is -0.311 e. The summed E-state index contributed by atoms with van der Waals surface area (Å²) in [4.78, 5) is 11.2. The fraction of sp³-hybridized carbons (Fsp3) is 0.415. The zero-order chi connectivity index (χ0) is 98.0. The van der Waals surface area contributed by atoms with Crippen LogP contribution in [0, 0.1) is 13.8 Å². The fourth-order valence-electron chi connectivity index (χ4n) is 26.1. The zero-order valence-electron chi connectivity index (χ0n) is 89.3. The molecule has 8 aliphatic rings. The summed E-state index contributed by atoms with van der Waals surface area (Å²) >= 11 is 4.09. The van der Waals surface area contributed by atoms with Gasteiger partial charge in [-0.15, -0.1) is 22.7 Å². The first-order chi connectivity index (χ1) is 64.4. The van der Waals surface area contributed by atoms with Crippen molar-refractivity contribution in [1.29, 1.82) is 0 Å². The Balaban J connectivity index is 0.779. The van der Waals surface area contributed by atoms with E-state index in [-0.39, 0.29) is 83.8 Å². The molecule has 4 nitrogen and oxygen atoms in total. The molecule has 4 aliphatic carbocycles. The van der Waals surface area contributed by atoms with Crippen LogP contribution in [0.25, 0.3) is 42.4 Å². The van der Waals surface area contributed by atoms with E-state index in [0.29, 0.717) is 0 Å². The van der Waals surface area contributed by atoms with Crippen LogP contribution in [-0.2, 0) is 76.8 Å². The number of hydrogen-bond donors (Lipinski definition) is 0. The van der Waals surface area contributed by atoms with Crippen LogP contribution < -0.4 is 51.0 Å². The monoisotopic (exact) mass is 1850 g/mol. The Morgan fingerprint density at radius 1 is 0.275 bits per heavy atom. The van der Waals surface area contributed by atoms with Gasteiger partial charge in [-0.05, 0) is 373 Å². The summed E-state index contributed by atoms with van der Waals surface area (Å²) in [5.74, 6) is 0. The molecule has 0 saturated carbocycles. The molecule has 1 unspecified atom stereocenters. The van der Waals surface area contributed by atoms with Crippen molar-refractivity contribution in [2.45, 2.75) is 350 Å². The second-order valence-corrected chi connectivity index (χ2v) is 56.1. The second-order valence-electron chi connectivity index (χ2n) is 54.0. The molecule has 6 heterocycles. The SMILES string of the molecule is Cc1cc2c3c(c1)N(c1ccc(C(C)(C)C)cc1)c1c(sc4ccc(C(C)(C)C)cc14)B3c1cc3c(cc1N2c1cc2c(cc1-c1cccc(CC4(C)CCC(C)(C)c5cc6c(cc54)B4c5sc7ccc(C(C)(C)C)cc7c5N(c5ccc(C(C)(C)C)cc5)c5cc(C)cc(c54)N6c4cc5c(cc4-c4ccc(C(C)(C)C)cc4)C(C)(C)CCC5(C)C)c1)C(C)(C)CCC2(C)C)C(C)(C)CCC3(C)C. The molecule has 12 aromatic carbocycles. The van der Waals surface area contributed by atoms with E-state index in [2.05, 4.69) is 447 Å². The highest BCUT2D eigenvalue weighted by Gasteiger charge is 2.54. The quantitative estimate of drug-likeness (QED) is 0.141. The maximum atomic E-state index is 2.86. The van der Waals surface area contributed by atoms with Crippen molar-refractivity contribution in [1.82, 2.24) is 0 Å². The molecule has 2 aromatic heterocycles. The Morgan fingerprint density at radius 3 is 0.949 bits per heavy atom. The molecule has 22 rings (SSSR count). The molecule has 4 aliphatic heterocycles. The average molecular weight is 1850 g/mol. The highest BCUT2D eigenvalue weighted by molar-refractivity contribution is 7.34. The van der Waals surface area contributed by atoms with E-state index in [9.17, 15) is 0 Å². The number of fused-ring (bicyclic) bond motifs is 16. The van der Waals surface area contributed by atoms with Crippen LogP contribution in [0.15, 0.2) is 206 Å². The van der Waals surface area contributed by atoms with Gasteiger partial charge in [0.15, 0.2) is 0 Å². The zero-order valence-corrected chi connectivity index (χ0v) is 90.9. The summed E-state index contributed by atoms with van der Waals surface area (Å²) in [6, 6.07) is 86.7. The lowest BCUT2D eigenvalue weighted by Gasteiger charge is -2.48. The third-order valence-electron chi connectivity index (χ3n) is 35.4. The summed E-state index contributed by atoms with van der Waals surface area (Å²) < 4.78 is 5.54. The molecule has 0 fully saturated rings. The van der Waals surface area contributed by atoms with Gasteiger partial charge >= 0.3 is 0 Å². The Hall–Kier alpha value is -10.1. The lowest BCUT2D eigenvalue weighted by Crippen LogP contribution is -2.61. The van der Waals surface area contributed by atoms with E-state index in [4.69, 9.17) is 0 Å². The normalized spacial score (nSPS) is 19.3. The largest absolute Gasteiger partial charge is 0.311 e. The van der Waals surface area contributed by atoms with E-state index < -0.39 is 0 Å². The van der Waals surface area contributed by atoms with Crippen LogP contribution in [0.4, 0.5) is 68.2 Å². The molecule has 0 amide bonds. The molecular weight excluding hydrogens is 1700 g/mol. The van der Waals surface area contributed by atoms with E-state index in [1.807, 2.05) is 22.7 Å². The van der Waals surface area contributed by atoms with Gasteiger partial charge in [-0.3, -0.25) is 0 Å². The third kappa shape index (κ3) is 14.6. The van der Waals surface area contributed by atoms with Crippen molar-refractivity contribution in [2.75, 3.05) is 19.6 Å². The second kappa shape index (κ2) is 30.5. The summed E-state index contributed by atoms with van der Waals surface area (Å²) in [6.07, 6.45) is 9.74. The number of hydrogen-bond acceptors (Lipinski definition) is 6.